The van der Waals surface area contributed by atoms with Crippen molar-refractivity contribution in [1.82, 2.24) is 20.1 Å². The van der Waals surface area contributed by atoms with E-state index in [-0.39, 0.29) is 5.91 Å². The molecule has 1 aliphatic heterocycles. The second kappa shape index (κ2) is 6.83. The maximum Gasteiger partial charge on any atom is 0.230 e. The number of hydrogen-bond acceptors (Lipinski definition) is 5. The highest BCUT2D eigenvalue weighted by atomic mass is 32.2. The maximum absolute atomic E-state index is 11.9. The molecule has 1 amide bonds. The third kappa shape index (κ3) is 3.59. The normalized spacial score (nSPS) is 16.7. The Morgan fingerprint density at radius 2 is 2.36 bits per heavy atom. The van der Waals surface area contributed by atoms with E-state index in [4.69, 9.17) is 4.74 Å². The molecule has 2 aromatic rings. The first-order valence-corrected chi connectivity index (χ1v) is 8.15. The molecule has 1 aromatic carbocycles. The van der Waals surface area contributed by atoms with E-state index in [1.165, 1.54) is 17.3 Å². The number of rotatable bonds is 5. The van der Waals surface area contributed by atoms with Crippen LogP contribution in [0.4, 0.5) is 0 Å². The van der Waals surface area contributed by atoms with E-state index in [1.807, 2.05) is 25.2 Å². The van der Waals surface area contributed by atoms with Gasteiger partial charge in [0, 0.05) is 19.5 Å². The second-order valence-electron chi connectivity index (χ2n) is 5.31. The van der Waals surface area contributed by atoms with E-state index in [0.717, 1.165) is 17.3 Å². The minimum Gasteiger partial charge on any atom is -0.493 e. The van der Waals surface area contributed by atoms with Crippen LogP contribution in [0.25, 0.3) is 0 Å². The zero-order valence-corrected chi connectivity index (χ0v) is 13.2. The zero-order valence-electron chi connectivity index (χ0n) is 12.4. The number of hydrogen-bond donors (Lipinski definition) is 1. The van der Waals surface area contributed by atoms with Crippen LogP contribution in [0.2, 0.25) is 0 Å². The third-order valence-electron chi connectivity index (χ3n) is 3.55. The SMILES string of the molecule is Cn1cnnc1SCC(=O)NC[C@H]1COc2ccccc2C1. The van der Waals surface area contributed by atoms with Gasteiger partial charge in [0.05, 0.1) is 12.4 Å². The van der Waals surface area contributed by atoms with Gasteiger partial charge >= 0.3 is 0 Å². The Morgan fingerprint density at radius 1 is 1.50 bits per heavy atom. The molecule has 0 unspecified atom stereocenters. The fraction of sp³-hybridized carbons (Fsp3) is 0.400. The van der Waals surface area contributed by atoms with Crippen molar-refractivity contribution in [3.8, 4) is 5.75 Å². The van der Waals surface area contributed by atoms with Crippen molar-refractivity contribution in [2.24, 2.45) is 13.0 Å². The summed E-state index contributed by atoms with van der Waals surface area (Å²) < 4.78 is 7.52. The van der Waals surface area contributed by atoms with Crippen LogP contribution in [0.5, 0.6) is 5.75 Å². The van der Waals surface area contributed by atoms with Gasteiger partial charge in [0.2, 0.25) is 5.91 Å². The molecule has 1 aliphatic rings. The molecule has 22 heavy (non-hydrogen) atoms. The van der Waals surface area contributed by atoms with Crippen molar-refractivity contribution >= 4 is 17.7 Å². The Balaban J connectivity index is 1.43. The van der Waals surface area contributed by atoms with Gasteiger partial charge in [0.25, 0.3) is 0 Å². The summed E-state index contributed by atoms with van der Waals surface area (Å²) in [4.78, 5) is 11.9. The highest BCUT2D eigenvalue weighted by Crippen LogP contribution is 2.26. The molecule has 0 spiro atoms. The molecule has 2 heterocycles. The standard InChI is InChI=1S/C15H18N4O2S/c1-19-10-17-18-15(19)22-9-14(20)16-7-11-6-12-4-2-3-5-13(12)21-8-11/h2-5,10-11H,6-9H2,1H3,(H,16,20)/t11-/m0/s1. The summed E-state index contributed by atoms with van der Waals surface area (Å²) in [6.45, 7) is 1.28. The molecule has 3 rings (SSSR count). The van der Waals surface area contributed by atoms with Crippen LogP contribution in [0.3, 0.4) is 0 Å². The van der Waals surface area contributed by atoms with E-state index in [0.29, 0.717) is 24.8 Å². The Kier molecular flexibility index (Phi) is 4.62. The number of amides is 1. The molecular weight excluding hydrogens is 300 g/mol. The first-order chi connectivity index (χ1) is 10.7. The molecule has 116 valence electrons. The molecule has 0 radical (unpaired) electrons. The van der Waals surface area contributed by atoms with Gasteiger partial charge in [0.1, 0.15) is 12.1 Å². The molecule has 6 nitrogen and oxygen atoms in total. The van der Waals surface area contributed by atoms with E-state index < -0.39 is 0 Å². The predicted molar refractivity (Wildman–Crippen MR) is 83.9 cm³/mol. The van der Waals surface area contributed by atoms with Crippen LogP contribution in [-0.2, 0) is 18.3 Å². The molecule has 7 heteroatoms. The Bertz CT molecular complexity index is 658. The lowest BCUT2D eigenvalue weighted by molar-refractivity contribution is -0.118. The number of nitrogens with zero attached hydrogens (tertiary/aromatic N) is 3. The predicted octanol–water partition coefficient (Wildman–Crippen LogP) is 1.27. The number of aryl methyl sites for hydroxylation is 1. The average molecular weight is 318 g/mol. The minimum atomic E-state index is 0.00635. The number of carbonyl (C=O) groups is 1. The van der Waals surface area contributed by atoms with E-state index in [1.54, 1.807) is 10.9 Å². The summed E-state index contributed by atoms with van der Waals surface area (Å²) >= 11 is 1.38. The molecule has 1 atom stereocenters. The summed E-state index contributed by atoms with van der Waals surface area (Å²) in [6, 6.07) is 8.06. The average Bonchev–Trinajstić information content (AvgIpc) is 2.96. The number of aromatic nitrogens is 3. The van der Waals surface area contributed by atoms with Gasteiger partial charge in [-0.25, -0.2) is 0 Å². The molecule has 0 fully saturated rings. The fourth-order valence-corrected chi connectivity index (χ4v) is 3.08. The quantitative estimate of drug-likeness (QED) is 0.841. The van der Waals surface area contributed by atoms with Gasteiger partial charge in [0.15, 0.2) is 5.16 Å². The highest BCUT2D eigenvalue weighted by molar-refractivity contribution is 7.99. The van der Waals surface area contributed by atoms with Crippen molar-refractivity contribution in [3.63, 3.8) is 0 Å². The molecule has 0 aliphatic carbocycles. The van der Waals surface area contributed by atoms with Gasteiger partial charge in [-0.2, -0.15) is 0 Å². The van der Waals surface area contributed by atoms with Crippen LogP contribution in [-0.4, -0.2) is 39.6 Å². The molecule has 0 bridgehead atoms. The van der Waals surface area contributed by atoms with E-state index in [2.05, 4.69) is 21.6 Å². The number of fused-ring (bicyclic) bond motifs is 1. The number of nitrogens with one attached hydrogen (secondary N) is 1. The van der Waals surface area contributed by atoms with E-state index >= 15 is 0 Å². The second-order valence-corrected chi connectivity index (χ2v) is 6.25. The fourth-order valence-electron chi connectivity index (χ4n) is 2.36. The van der Waals surface area contributed by atoms with Crippen LogP contribution >= 0.6 is 11.8 Å². The van der Waals surface area contributed by atoms with Crippen LogP contribution in [0.15, 0.2) is 35.7 Å². The van der Waals surface area contributed by atoms with Gasteiger partial charge in [-0.3, -0.25) is 4.79 Å². The first kappa shape index (κ1) is 14.9. The van der Waals surface area contributed by atoms with Crippen LogP contribution in [0.1, 0.15) is 5.56 Å². The lowest BCUT2D eigenvalue weighted by atomic mass is 9.97. The number of carbonyl (C=O) groups excluding carboxylic acids is 1. The van der Waals surface area contributed by atoms with Crippen molar-refractivity contribution in [1.29, 1.82) is 0 Å². The maximum atomic E-state index is 11.9. The van der Waals surface area contributed by atoms with Crippen LogP contribution < -0.4 is 10.1 Å². The van der Waals surface area contributed by atoms with Crippen molar-refractivity contribution in [3.05, 3.63) is 36.2 Å². The highest BCUT2D eigenvalue weighted by Gasteiger charge is 2.20. The van der Waals surface area contributed by atoms with Gasteiger partial charge in [-0.15, -0.1) is 10.2 Å². The Hall–Kier alpha value is -2.02. The monoisotopic (exact) mass is 318 g/mol. The van der Waals surface area contributed by atoms with Gasteiger partial charge in [-0.1, -0.05) is 30.0 Å². The number of thioether (sulfide) groups is 1. The van der Waals surface area contributed by atoms with Gasteiger partial charge in [-0.05, 0) is 18.1 Å². The summed E-state index contributed by atoms with van der Waals surface area (Å²) in [6.07, 6.45) is 2.56. The van der Waals surface area contributed by atoms with Crippen molar-refractivity contribution in [2.75, 3.05) is 18.9 Å². The first-order valence-electron chi connectivity index (χ1n) is 7.16. The third-order valence-corrected chi connectivity index (χ3v) is 4.58. The topological polar surface area (TPSA) is 69.0 Å². The summed E-state index contributed by atoms with van der Waals surface area (Å²) in [7, 11) is 1.86. The Labute approximate surface area is 133 Å². The van der Waals surface area contributed by atoms with Crippen molar-refractivity contribution < 1.29 is 9.53 Å². The van der Waals surface area contributed by atoms with Crippen molar-refractivity contribution in [2.45, 2.75) is 11.6 Å². The summed E-state index contributed by atoms with van der Waals surface area (Å²) in [5.41, 5.74) is 1.21. The number of benzene rings is 1. The number of para-hydroxylation sites is 1. The summed E-state index contributed by atoms with van der Waals surface area (Å²) in [5, 5.41) is 11.4. The number of ether oxygens (including phenoxy) is 1. The molecule has 1 aromatic heterocycles. The molecule has 0 saturated carbocycles. The lowest BCUT2D eigenvalue weighted by Crippen LogP contribution is -2.35. The minimum absolute atomic E-state index is 0.00635. The molecule has 0 saturated heterocycles. The zero-order chi connectivity index (χ0) is 15.4. The van der Waals surface area contributed by atoms with Gasteiger partial charge < -0.3 is 14.6 Å². The van der Waals surface area contributed by atoms with E-state index in [9.17, 15) is 4.79 Å². The summed E-state index contributed by atoms with van der Waals surface area (Å²) in [5.74, 6) is 1.63. The largest absolute Gasteiger partial charge is 0.493 e. The lowest BCUT2D eigenvalue weighted by Gasteiger charge is -2.25. The molecule has 1 N–H and O–H groups in total. The van der Waals surface area contributed by atoms with Crippen LogP contribution in [0, 0.1) is 5.92 Å². The Morgan fingerprint density at radius 3 is 3.18 bits per heavy atom. The molecular formula is C15H18N4O2S. The smallest absolute Gasteiger partial charge is 0.230 e.